The molecule has 1 saturated heterocycles. The van der Waals surface area contributed by atoms with Gasteiger partial charge in [0.1, 0.15) is 0 Å². The summed E-state index contributed by atoms with van der Waals surface area (Å²) in [6.45, 7) is 10.3. The molecule has 0 aromatic carbocycles. The SMILES string of the molecule is CCCn1cc(CNC(=O)[C@H]2CCc3nc(N4CCN(C(C)=O)CC4)sc3C2)c(C)n1. The second-order valence-corrected chi connectivity index (χ2v) is 9.58. The van der Waals surface area contributed by atoms with Gasteiger partial charge in [-0.05, 0) is 32.6 Å². The molecule has 9 heteroatoms. The van der Waals surface area contributed by atoms with E-state index in [0.29, 0.717) is 6.54 Å². The monoisotopic (exact) mass is 444 g/mol. The van der Waals surface area contributed by atoms with Crippen LogP contribution in [0.3, 0.4) is 0 Å². The molecule has 0 radical (unpaired) electrons. The van der Waals surface area contributed by atoms with E-state index in [-0.39, 0.29) is 17.7 Å². The molecule has 8 nitrogen and oxygen atoms in total. The molecule has 1 aliphatic heterocycles. The highest BCUT2D eigenvalue weighted by molar-refractivity contribution is 7.15. The number of thiazole rings is 1. The fourth-order valence-electron chi connectivity index (χ4n) is 4.34. The maximum absolute atomic E-state index is 12.8. The average molecular weight is 445 g/mol. The van der Waals surface area contributed by atoms with Gasteiger partial charge >= 0.3 is 0 Å². The number of rotatable bonds is 6. The zero-order valence-corrected chi connectivity index (χ0v) is 19.5. The van der Waals surface area contributed by atoms with Gasteiger partial charge in [0.2, 0.25) is 11.8 Å². The van der Waals surface area contributed by atoms with Crippen LogP contribution in [0.5, 0.6) is 0 Å². The van der Waals surface area contributed by atoms with Gasteiger partial charge < -0.3 is 15.1 Å². The number of hydrogen-bond acceptors (Lipinski definition) is 6. The molecule has 2 amide bonds. The summed E-state index contributed by atoms with van der Waals surface area (Å²) in [7, 11) is 0. The molecule has 168 valence electrons. The van der Waals surface area contributed by atoms with E-state index < -0.39 is 0 Å². The number of fused-ring (bicyclic) bond motifs is 1. The van der Waals surface area contributed by atoms with E-state index in [2.05, 4.69) is 22.2 Å². The summed E-state index contributed by atoms with van der Waals surface area (Å²) in [5.41, 5.74) is 3.22. The second kappa shape index (κ2) is 9.38. The second-order valence-electron chi connectivity index (χ2n) is 8.52. The summed E-state index contributed by atoms with van der Waals surface area (Å²) in [6, 6.07) is 0. The molecule has 2 aromatic rings. The molecular weight excluding hydrogens is 412 g/mol. The highest BCUT2D eigenvalue weighted by atomic mass is 32.1. The van der Waals surface area contributed by atoms with Gasteiger partial charge in [-0.1, -0.05) is 6.92 Å². The van der Waals surface area contributed by atoms with Crippen molar-refractivity contribution in [2.75, 3.05) is 31.1 Å². The fourth-order valence-corrected chi connectivity index (χ4v) is 5.57. The molecule has 0 saturated carbocycles. The molecule has 2 aromatic heterocycles. The van der Waals surface area contributed by atoms with Gasteiger partial charge in [0, 0.05) is 68.7 Å². The van der Waals surface area contributed by atoms with Crippen LogP contribution in [0.15, 0.2) is 6.20 Å². The predicted molar refractivity (Wildman–Crippen MR) is 121 cm³/mol. The molecule has 0 bridgehead atoms. The first-order valence-electron chi connectivity index (χ1n) is 11.2. The van der Waals surface area contributed by atoms with Crippen molar-refractivity contribution in [2.45, 2.75) is 59.5 Å². The van der Waals surface area contributed by atoms with E-state index in [0.717, 1.165) is 80.5 Å². The molecule has 1 N–H and O–H groups in total. The number of carbonyl (C=O) groups excluding carboxylic acids is 2. The van der Waals surface area contributed by atoms with Crippen molar-refractivity contribution in [3.05, 3.63) is 28.0 Å². The van der Waals surface area contributed by atoms with Crippen molar-refractivity contribution in [3.63, 3.8) is 0 Å². The van der Waals surface area contributed by atoms with Crippen LogP contribution in [0.1, 0.15) is 48.5 Å². The van der Waals surface area contributed by atoms with Crippen molar-refractivity contribution < 1.29 is 9.59 Å². The zero-order valence-electron chi connectivity index (χ0n) is 18.7. The Morgan fingerprint density at radius 1 is 1.26 bits per heavy atom. The van der Waals surface area contributed by atoms with Crippen LogP contribution < -0.4 is 10.2 Å². The van der Waals surface area contributed by atoms with Crippen LogP contribution in [-0.4, -0.2) is 57.7 Å². The Labute approximate surface area is 187 Å². The predicted octanol–water partition coefficient (Wildman–Crippen LogP) is 2.15. The van der Waals surface area contributed by atoms with Crippen molar-refractivity contribution in [3.8, 4) is 0 Å². The van der Waals surface area contributed by atoms with Crippen LogP contribution in [0.25, 0.3) is 0 Å². The van der Waals surface area contributed by atoms with E-state index in [1.165, 1.54) is 4.88 Å². The quantitative estimate of drug-likeness (QED) is 0.738. The number of nitrogens with one attached hydrogen (secondary N) is 1. The Kier molecular flexibility index (Phi) is 6.60. The molecule has 4 rings (SSSR count). The first-order valence-corrected chi connectivity index (χ1v) is 12.1. The molecule has 1 aliphatic carbocycles. The highest BCUT2D eigenvalue weighted by Gasteiger charge is 2.29. The molecule has 1 atom stereocenters. The van der Waals surface area contributed by atoms with Crippen molar-refractivity contribution in [2.24, 2.45) is 5.92 Å². The lowest BCUT2D eigenvalue weighted by molar-refractivity contribution is -0.129. The third-order valence-electron chi connectivity index (χ3n) is 6.25. The molecular formula is C22H32N6O2S. The average Bonchev–Trinajstić information content (AvgIpc) is 3.34. The van der Waals surface area contributed by atoms with Crippen LogP contribution in [0.4, 0.5) is 5.13 Å². The smallest absolute Gasteiger partial charge is 0.223 e. The standard InChI is InChI=1S/C22H32N6O2S/c1-4-7-28-14-18(15(2)25-28)13-23-21(30)17-5-6-19-20(12-17)31-22(24-19)27-10-8-26(9-11-27)16(3)29/h14,17H,4-13H2,1-3H3,(H,23,30)/t17-/m0/s1. The van der Waals surface area contributed by atoms with Gasteiger partial charge in [-0.3, -0.25) is 14.3 Å². The topological polar surface area (TPSA) is 83.4 Å². The Bertz CT molecular complexity index is 944. The van der Waals surface area contributed by atoms with Crippen molar-refractivity contribution in [1.82, 2.24) is 25.0 Å². The van der Waals surface area contributed by atoms with Crippen molar-refractivity contribution in [1.29, 1.82) is 0 Å². The number of nitrogens with zero attached hydrogens (tertiary/aromatic N) is 5. The fraction of sp³-hybridized carbons (Fsp3) is 0.636. The van der Waals surface area contributed by atoms with E-state index in [1.807, 2.05) is 22.7 Å². The lowest BCUT2D eigenvalue weighted by Gasteiger charge is -2.33. The zero-order chi connectivity index (χ0) is 22.0. The Morgan fingerprint density at radius 2 is 2.03 bits per heavy atom. The molecule has 31 heavy (non-hydrogen) atoms. The van der Waals surface area contributed by atoms with Gasteiger partial charge in [0.25, 0.3) is 0 Å². The first kappa shape index (κ1) is 21.8. The van der Waals surface area contributed by atoms with Gasteiger partial charge in [0.15, 0.2) is 5.13 Å². The number of aromatic nitrogens is 3. The highest BCUT2D eigenvalue weighted by Crippen LogP contribution is 2.34. The largest absolute Gasteiger partial charge is 0.352 e. The normalized spacial score (nSPS) is 18.7. The van der Waals surface area contributed by atoms with E-state index in [1.54, 1.807) is 18.3 Å². The third kappa shape index (κ3) is 4.92. The van der Waals surface area contributed by atoms with Gasteiger partial charge in [-0.15, -0.1) is 11.3 Å². The number of aryl methyl sites for hydroxylation is 3. The minimum absolute atomic E-state index is 0.00125. The number of anilines is 1. The summed E-state index contributed by atoms with van der Waals surface area (Å²) in [4.78, 5) is 34.6. The first-order chi connectivity index (χ1) is 14.9. The number of piperazine rings is 1. The molecule has 0 unspecified atom stereocenters. The summed E-state index contributed by atoms with van der Waals surface area (Å²) < 4.78 is 1.96. The van der Waals surface area contributed by atoms with Crippen LogP contribution in [-0.2, 0) is 35.5 Å². The minimum atomic E-state index is 0.00125. The van der Waals surface area contributed by atoms with E-state index in [4.69, 9.17) is 4.98 Å². The van der Waals surface area contributed by atoms with Crippen molar-refractivity contribution >= 4 is 28.3 Å². The number of hydrogen-bond donors (Lipinski definition) is 1. The van der Waals surface area contributed by atoms with Crippen LogP contribution in [0, 0.1) is 12.8 Å². The Morgan fingerprint density at radius 3 is 2.74 bits per heavy atom. The Balaban J connectivity index is 1.32. The van der Waals surface area contributed by atoms with Gasteiger partial charge in [0.05, 0.1) is 11.4 Å². The molecule has 0 spiro atoms. The summed E-state index contributed by atoms with van der Waals surface area (Å²) in [5.74, 6) is 0.263. The van der Waals surface area contributed by atoms with Crippen LogP contribution in [0.2, 0.25) is 0 Å². The molecule has 3 heterocycles. The van der Waals surface area contributed by atoms with E-state index >= 15 is 0 Å². The maximum atomic E-state index is 12.8. The lowest BCUT2D eigenvalue weighted by atomic mass is 9.90. The lowest BCUT2D eigenvalue weighted by Crippen LogP contribution is -2.48. The minimum Gasteiger partial charge on any atom is -0.352 e. The molecule has 2 aliphatic rings. The van der Waals surface area contributed by atoms with Gasteiger partial charge in [-0.2, -0.15) is 5.10 Å². The van der Waals surface area contributed by atoms with Gasteiger partial charge in [-0.25, -0.2) is 4.98 Å². The van der Waals surface area contributed by atoms with E-state index in [9.17, 15) is 9.59 Å². The third-order valence-corrected chi connectivity index (χ3v) is 7.43. The number of amides is 2. The summed E-state index contributed by atoms with van der Waals surface area (Å²) in [6.07, 6.45) is 5.54. The summed E-state index contributed by atoms with van der Waals surface area (Å²) >= 11 is 1.72. The Hall–Kier alpha value is -2.42. The number of carbonyl (C=O) groups is 2. The van der Waals surface area contributed by atoms with Crippen LogP contribution >= 0.6 is 11.3 Å². The molecule has 1 fully saturated rings. The summed E-state index contributed by atoms with van der Waals surface area (Å²) in [5, 5.41) is 8.68. The maximum Gasteiger partial charge on any atom is 0.223 e.